The Kier molecular flexibility index (Phi) is 4.08. The molecule has 0 heterocycles. The van der Waals surface area contributed by atoms with Gasteiger partial charge in [-0.1, -0.05) is 79.4 Å². The Labute approximate surface area is 146 Å². The maximum atomic E-state index is 2.51. The van der Waals surface area contributed by atoms with Crippen molar-refractivity contribution in [2.45, 2.75) is 58.8 Å². The summed E-state index contributed by atoms with van der Waals surface area (Å²) in [5.74, 6) is 0. The van der Waals surface area contributed by atoms with Crippen LogP contribution < -0.4 is 0 Å². The largest absolute Gasteiger partial charge is 0.0654 e. The van der Waals surface area contributed by atoms with Gasteiger partial charge in [0.05, 0.1) is 0 Å². The van der Waals surface area contributed by atoms with Crippen LogP contribution in [-0.2, 0) is 6.42 Å². The van der Waals surface area contributed by atoms with Crippen LogP contribution in [0.3, 0.4) is 0 Å². The van der Waals surface area contributed by atoms with Gasteiger partial charge in [-0.25, -0.2) is 0 Å². The molecule has 0 spiro atoms. The van der Waals surface area contributed by atoms with E-state index in [1.807, 2.05) is 0 Å². The fourth-order valence-corrected chi connectivity index (χ4v) is 4.74. The number of allylic oxidation sites excluding steroid dienone is 1. The van der Waals surface area contributed by atoms with Crippen LogP contribution >= 0.6 is 0 Å². The Morgan fingerprint density at radius 3 is 2.46 bits per heavy atom. The van der Waals surface area contributed by atoms with E-state index in [0.717, 1.165) is 0 Å². The van der Waals surface area contributed by atoms with Crippen LogP contribution in [0.5, 0.6) is 0 Å². The molecule has 0 aromatic heterocycles. The Balaban J connectivity index is 1.63. The number of fused-ring (bicyclic) bond motifs is 1. The van der Waals surface area contributed by atoms with Crippen LogP contribution in [0.15, 0.2) is 48.0 Å². The lowest BCUT2D eigenvalue weighted by Gasteiger charge is -2.42. The van der Waals surface area contributed by atoms with Crippen molar-refractivity contribution in [3.05, 3.63) is 64.7 Å². The van der Waals surface area contributed by atoms with Crippen LogP contribution in [0, 0.1) is 12.3 Å². The SMILES string of the molecule is CCCC1(CC2=Cc3c(cccc3-c3ccc(C)cc3)C2)CCC1. The second kappa shape index (κ2) is 6.24. The molecule has 0 unspecified atom stereocenters. The molecule has 0 atom stereocenters. The first kappa shape index (κ1) is 15.7. The number of hydrogen-bond donors (Lipinski definition) is 0. The first-order valence-corrected chi connectivity index (χ1v) is 9.57. The maximum Gasteiger partial charge on any atom is -0.00574 e. The van der Waals surface area contributed by atoms with Crippen molar-refractivity contribution in [2.75, 3.05) is 0 Å². The molecular formula is C24H28. The topological polar surface area (TPSA) is 0 Å². The molecule has 0 bridgehead atoms. The zero-order chi connectivity index (χ0) is 16.6. The van der Waals surface area contributed by atoms with Crippen molar-refractivity contribution in [1.29, 1.82) is 0 Å². The van der Waals surface area contributed by atoms with Gasteiger partial charge in [-0.05, 0) is 66.7 Å². The highest BCUT2D eigenvalue weighted by molar-refractivity contribution is 5.80. The Hall–Kier alpha value is -1.82. The number of hydrogen-bond acceptors (Lipinski definition) is 0. The van der Waals surface area contributed by atoms with E-state index in [2.05, 4.69) is 62.4 Å². The van der Waals surface area contributed by atoms with Crippen LogP contribution in [0.25, 0.3) is 17.2 Å². The second-order valence-electron chi connectivity index (χ2n) is 8.00. The minimum absolute atomic E-state index is 0.632. The molecule has 2 aliphatic carbocycles. The molecule has 0 aliphatic heterocycles. The lowest BCUT2D eigenvalue weighted by molar-refractivity contribution is 0.118. The smallest absolute Gasteiger partial charge is 0.00574 e. The van der Waals surface area contributed by atoms with E-state index in [4.69, 9.17) is 0 Å². The standard InChI is InChI=1S/C24H28/c1-3-12-24(13-5-14-24)17-19-15-21-6-4-7-22(23(21)16-19)20-10-8-18(2)9-11-20/h4,6-11,16H,3,5,12-15,17H2,1-2H3. The molecule has 24 heavy (non-hydrogen) atoms. The van der Waals surface area contributed by atoms with Gasteiger partial charge in [0.1, 0.15) is 0 Å². The molecule has 0 amide bonds. The third kappa shape index (κ3) is 2.83. The minimum atomic E-state index is 0.632. The molecule has 4 rings (SSSR count). The molecule has 2 aromatic carbocycles. The van der Waals surface area contributed by atoms with Gasteiger partial charge in [-0.2, -0.15) is 0 Å². The number of aryl methyl sites for hydroxylation is 1. The lowest BCUT2D eigenvalue weighted by atomic mass is 9.63. The fourth-order valence-electron chi connectivity index (χ4n) is 4.74. The quantitative estimate of drug-likeness (QED) is 0.559. The summed E-state index contributed by atoms with van der Waals surface area (Å²) in [4.78, 5) is 0. The van der Waals surface area contributed by atoms with Gasteiger partial charge in [-0.3, -0.25) is 0 Å². The highest BCUT2D eigenvalue weighted by atomic mass is 14.4. The summed E-state index contributed by atoms with van der Waals surface area (Å²) in [5, 5.41) is 0. The van der Waals surface area contributed by atoms with E-state index in [1.165, 1.54) is 72.8 Å². The molecule has 0 saturated heterocycles. The van der Waals surface area contributed by atoms with E-state index in [0.29, 0.717) is 5.41 Å². The number of rotatable bonds is 5. The van der Waals surface area contributed by atoms with Crippen LogP contribution in [0.4, 0.5) is 0 Å². The molecule has 1 saturated carbocycles. The predicted octanol–water partition coefficient (Wildman–Crippen LogP) is 6.96. The van der Waals surface area contributed by atoms with Gasteiger partial charge in [0, 0.05) is 0 Å². The van der Waals surface area contributed by atoms with Crippen molar-refractivity contribution in [1.82, 2.24) is 0 Å². The van der Waals surface area contributed by atoms with Gasteiger partial charge >= 0.3 is 0 Å². The third-order valence-corrected chi connectivity index (χ3v) is 6.12. The van der Waals surface area contributed by atoms with Crippen molar-refractivity contribution in [2.24, 2.45) is 5.41 Å². The molecule has 0 heteroatoms. The van der Waals surface area contributed by atoms with E-state index >= 15 is 0 Å². The number of benzene rings is 2. The Morgan fingerprint density at radius 1 is 1.00 bits per heavy atom. The molecule has 0 radical (unpaired) electrons. The monoisotopic (exact) mass is 316 g/mol. The zero-order valence-electron chi connectivity index (χ0n) is 15.1. The predicted molar refractivity (Wildman–Crippen MR) is 104 cm³/mol. The zero-order valence-corrected chi connectivity index (χ0v) is 15.1. The van der Waals surface area contributed by atoms with Gasteiger partial charge < -0.3 is 0 Å². The average molecular weight is 316 g/mol. The van der Waals surface area contributed by atoms with E-state index < -0.39 is 0 Å². The molecular weight excluding hydrogens is 288 g/mol. The van der Waals surface area contributed by atoms with Crippen molar-refractivity contribution in [3.8, 4) is 11.1 Å². The molecule has 0 nitrogen and oxygen atoms in total. The molecule has 2 aliphatic rings. The first-order valence-electron chi connectivity index (χ1n) is 9.57. The van der Waals surface area contributed by atoms with Gasteiger partial charge in [0.15, 0.2) is 0 Å². The summed E-state index contributed by atoms with van der Waals surface area (Å²) < 4.78 is 0. The van der Waals surface area contributed by atoms with Crippen LogP contribution in [0.1, 0.15) is 62.1 Å². The Bertz CT molecular complexity index is 757. The highest BCUT2D eigenvalue weighted by Crippen LogP contribution is 2.51. The molecule has 124 valence electrons. The first-order chi connectivity index (χ1) is 11.7. The summed E-state index contributed by atoms with van der Waals surface area (Å²) in [7, 11) is 0. The summed E-state index contributed by atoms with van der Waals surface area (Å²) in [5.41, 5.74) is 9.37. The Morgan fingerprint density at radius 2 is 1.79 bits per heavy atom. The summed E-state index contributed by atoms with van der Waals surface area (Å²) >= 11 is 0. The average Bonchev–Trinajstić information content (AvgIpc) is 2.96. The van der Waals surface area contributed by atoms with Gasteiger partial charge in [0.25, 0.3) is 0 Å². The minimum Gasteiger partial charge on any atom is -0.0654 e. The fraction of sp³-hybridized carbons (Fsp3) is 0.417. The normalized spacial score (nSPS) is 18.0. The third-order valence-electron chi connectivity index (χ3n) is 6.12. The lowest BCUT2D eigenvalue weighted by Crippen LogP contribution is -2.29. The van der Waals surface area contributed by atoms with E-state index in [1.54, 1.807) is 5.57 Å². The van der Waals surface area contributed by atoms with Crippen LogP contribution in [-0.4, -0.2) is 0 Å². The van der Waals surface area contributed by atoms with E-state index in [-0.39, 0.29) is 0 Å². The second-order valence-corrected chi connectivity index (χ2v) is 8.00. The van der Waals surface area contributed by atoms with Gasteiger partial charge in [0.2, 0.25) is 0 Å². The van der Waals surface area contributed by atoms with Crippen LogP contribution in [0.2, 0.25) is 0 Å². The maximum absolute atomic E-state index is 2.51. The molecule has 1 fully saturated rings. The van der Waals surface area contributed by atoms with Gasteiger partial charge in [-0.15, -0.1) is 0 Å². The van der Waals surface area contributed by atoms with Crippen molar-refractivity contribution in [3.63, 3.8) is 0 Å². The highest BCUT2D eigenvalue weighted by Gasteiger charge is 2.37. The van der Waals surface area contributed by atoms with Crippen molar-refractivity contribution < 1.29 is 0 Å². The van der Waals surface area contributed by atoms with Crippen molar-refractivity contribution >= 4 is 6.08 Å². The summed E-state index contributed by atoms with van der Waals surface area (Å²) in [6, 6.07) is 15.8. The summed E-state index contributed by atoms with van der Waals surface area (Å²) in [6.45, 7) is 4.50. The molecule has 2 aromatic rings. The van der Waals surface area contributed by atoms with E-state index in [9.17, 15) is 0 Å². The molecule has 0 N–H and O–H groups in total. The summed E-state index contributed by atoms with van der Waals surface area (Å²) in [6.07, 6.45) is 12.1.